The number of amides is 3. The van der Waals surface area contributed by atoms with Crippen molar-refractivity contribution in [2.24, 2.45) is 5.10 Å². The zero-order chi connectivity index (χ0) is 28.2. The zero-order valence-electron chi connectivity index (χ0n) is 21.3. The first-order valence-corrected chi connectivity index (χ1v) is 12.0. The van der Waals surface area contributed by atoms with Crippen molar-refractivity contribution in [3.63, 3.8) is 0 Å². The van der Waals surface area contributed by atoms with Crippen LogP contribution >= 0.6 is 11.6 Å². The largest absolute Gasteiger partial charge is 0.493 e. The summed E-state index contributed by atoms with van der Waals surface area (Å²) in [6, 6.07) is 16.6. The summed E-state index contributed by atoms with van der Waals surface area (Å²) >= 11 is 6.09. The number of carbonyl (C=O) groups excluding carboxylic acids is 3. The van der Waals surface area contributed by atoms with Gasteiger partial charge < -0.3 is 24.8 Å². The van der Waals surface area contributed by atoms with E-state index in [4.69, 9.17) is 25.8 Å². The maximum Gasteiger partial charge on any atom is 0.329 e. The molecule has 3 amide bonds. The smallest absolute Gasteiger partial charge is 0.329 e. The lowest BCUT2D eigenvalue weighted by molar-refractivity contribution is -0.136. The second kappa shape index (κ2) is 14.2. The van der Waals surface area contributed by atoms with Crippen LogP contribution in [0.15, 0.2) is 78.4 Å². The number of nitrogens with one attached hydrogen (secondary N) is 3. The van der Waals surface area contributed by atoms with E-state index >= 15 is 0 Å². The standard InChI is InChI=1S/C28H27ClN4O6/c1-4-14-38-21-11-9-20(10-12-21)31-27(35)28(36)33-30-16-19-8-13-24(25(15-19)37-3)39-17-26(34)32-23-7-5-6-22(29)18(23)2/h4-13,15-16H,1,14,17H2,2-3H3,(H,31,35)(H,32,34)(H,33,36)/b30-16-. The average molecular weight is 551 g/mol. The van der Waals surface area contributed by atoms with Gasteiger partial charge in [0.1, 0.15) is 12.4 Å². The van der Waals surface area contributed by atoms with Crippen LogP contribution in [0.3, 0.4) is 0 Å². The number of carbonyl (C=O) groups is 3. The minimum absolute atomic E-state index is 0.258. The topological polar surface area (TPSA) is 127 Å². The van der Waals surface area contributed by atoms with E-state index in [0.717, 1.165) is 5.56 Å². The number of rotatable bonds is 11. The third-order valence-electron chi connectivity index (χ3n) is 5.15. The molecule has 0 aliphatic carbocycles. The average Bonchev–Trinajstić information content (AvgIpc) is 2.94. The Labute approximate surface area is 230 Å². The van der Waals surface area contributed by atoms with Crippen molar-refractivity contribution in [2.75, 3.05) is 31.0 Å². The second-order valence-electron chi connectivity index (χ2n) is 7.94. The van der Waals surface area contributed by atoms with E-state index in [9.17, 15) is 14.4 Å². The monoisotopic (exact) mass is 550 g/mol. The van der Waals surface area contributed by atoms with Crippen molar-refractivity contribution >= 4 is 46.9 Å². The predicted molar refractivity (Wildman–Crippen MR) is 150 cm³/mol. The highest BCUT2D eigenvalue weighted by molar-refractivity contribution is 6.39. The van der Waals surface area contributed by atoms with Crippen LogP contribution in [0.4, 0.5) is 11.4 Å². The number of anilines is 2. The van der Waals surface area contributed by atoms with Gasteiger partial charge in [-0.25, -0.2) is 5.43 Å². The highest BCUT2D eigenvalue weighted by atomic mass is 35.5. The number of hydrogen-bond acceptors (Lipinski definition) is 7. The van der Waals surface area contributed by atoms with Gasteiger partial charge in [0.2, 0.25) is 0 Å². The molecule has 0 aromatic heterocycles. The maximum atomic E-state index is 12.3. The van der Waals surface area contributed by atoms with E-state index in [1.165, 1.54) is 13.3 Å². The molecule has 0 heterocycles. The van der Waals surface area contributed by atoms with Gasteiger partial charge in [0.05, 0.1) is 13.3 Å². The Morgan fingerprint density at radius 2 is 1.74 bits per heavy atom. The summed E-state index contributed by atoms with van der Waals surface area (Å²) in [6.07, 6.45) is 2.95. The Hall–Kier alpha value is -4.83. The Morgan fingerprint density at radius 1 is 0.974 bits per heavy atom. The number of benzene rings is 3. The highest BCUT2D eigenvalue weighted by Crippen LogP contribution is 2.28. The van der Waals surface area contributed by atoms with Gasteiger partial charge >= 0.3 is 11.8 Å². The van der Waals surface area contributed by atoms with E-state index in [1.807, 2.05) is 0 Å². The first-order chi connectivity index (χ1) is 18.8. The van der Waals surface area contributed by atoms with Crippen LogP contribution in [-0.2, 0) is 14.4 Å². The molecule has 0 fully saturated rings. The molecule has 0 saturated heterocycles. The molecule has 10 nitrogen and oxygen atoms in total. The van der Waals surface area contributed by atoms with E-state index < -0.39 is 11.8 Å². The molecule has 202 valence electrons. The number of methoxy groups -OCH3 is 1. The molecule has 3 aromatic rings. The van der Waals surface area contributed by atoms with Crippen molar-refractivity contribution in [1.29, 1.82) is 0 Å². The summed E-state index contributed by atoms with van der Waals surface area (Å²) in [5, 5.41) is 9.57. The van der Waals surface area contributed by atoms with Crippen LogP contribution in [0.2, 0.25) is 5.02 Å². The molecule has 0 saturated carbocycles. The molecule has 0 bridgehead atoms. The Kier molecular flexibility index (Phi) is 10.5. The summed E-state index contributed by atoms with van der Waals surface area (Å²) < 4.78 is 16.3. The van der Waals surface area contributed by atoms with Crippen LogP contribution in [0.25, 0.3) is 0 Å². The van der Waals surface area contributed by atoms with Crippen LogP contribution in [-0.4, -0.2) is 44.3 Å². The first kappa shape index (κ1) is 28.7. The number of halogens is 1. The summed E-state index contributed by atoms with van der Waals surface area (Å²) in [5.41, 5.74) is 4.48. The summed E-state index contributed by atoms with van der Waals surface area (Å²) in [6.45, 7) is 5.47. The summed E-state index contributed by atoms with van der Waals surface area (Å²) in [4.78, 5) is 36.5. The quantitative estimate of drug-likeness (QED) is 0.141. The number of nitrogens with zero attached hydrogens (tertiary/aromatic N) is 1. The van der Waals surface area contributed by atoms with E-state index in [1.54, 1.807) is 73.7 Å². The third kappa shape index (κ3) is 8.61. The number of ether oxygens (including phenoxy) is 3. The van der Waals surface area contributed by atoms with Gasteiger partial charge in [0.25, 0.3) is 5.91 Å². The van der Waals surface area contributed by atoms with Crippen molar-refractivity contribution in [3.05, 3.63) is 89.5 Å². The minimum Gasteiger partial charge on any atom is -0.493 e. The van der Waals surface area contributed by atoms with Crippen molar-refractivity contribution in [2.45, 2.75) is 6.92 Å². The molecular weight excluding hydrogens is 524 g/mol. The molecule has 0 aliphatic rings. The van der Waals surface area contributed by atoms with Crippen molar-refractivity contribution < 1.29 is 28.6 Å². The molecule has 0 radical (unpaired) electrons. The fourth-order valence-electron chi connectivity index (χ4n) is 3.15. The van der Waals surface area contributed by atoms with Gasteiger partial charge in [-0.15, -0.1) is 0 Å². The van der Waals surface area contributed by atoms with Crippen LogP contribution < -0.4 is 30.3 Å². The fraction of sp³-hybridized carbons (Fsp3) is 0.143. The number of hydrazone groups is 1. The lowest BCUT2D eigenvalue weighted by Gasteiger charge is -2.12. The van der Waals surface area contributed by atoms with Crippen LogP contribution in [0.1, 0.15) is 11.1 Å². The molecule has 3 aromatic carbocycles. The SMILES string of the molecule is C=CCOc1ccc(NC(=O)C(=O)N/N=C\c2ccc(OCC(=O)Nc3cccc(Cl)c3C)c(OC)c2)cc1. The van der Waals surface area contributed by atoms with Gasteiger partial charge in [-0.05, 0) is 72.6 Å². The summed E-state index contributed by atoms with van der Waals surface area (Å²) in [7, 11) is 1.45. The molecular formula is C28H27ClN4O6. The van der Waals surface area contributed by atoms with Crippen LogP contribution in [0, 0.1) is 6.92 Å². The Morgan fingerprint density at radius 3 is 2.46 bits per heavy atom. The molecule has 0 aliphatic heterocycles. The van der Waals surface area contributed by atoms with Gasteiger partial charge in [-0.3, -0.25) is 14.4 Å². The highest BCUT2D eigenvalue weighted by Gasteiger charge is 2.13. The predicted octanol–water partition coefficient (Wildman–Crippen LogP) is 4.33. The number of hydrogen-bond donors (Lipinski definition) is 3. The minimum atomic E-state index is -0.953. The van der Waals surface area contributed by atoms with Crippen molar-refractivity contribution in [1.82, 2.24) is 5.43 Å². The molecule has 3 rings (SSSR count). The maximum absolute atomic E-state index is 12.3. The molecule has 0 unspecified atom stereocenters. The first-order valence-electron chi connectivity index (χ1n) is 11.6. The van der Waals surface area contributed by atoms with E-state index in [-0.39, 0.29) is 12.5 Å². The molecule has 39 heavy (non-hydrogen) atoms. The van der Waals surface area contributed by atoms with Gasteiger partial charge in [0.15, 0.2) is 18.1 Å². The van der Waals surface area contributed by atoms with E-state index in [2.05, 4.69) is 27.7 Å². The fourth-order valence-corrected chi connectivity index (χ4v) is 3.32. The lowest BCUT2D eigenvalue weighted by atomic mass is 10.2. The van der Waals surface area contributed by atoms with Gasteiger partial charge in [0, 0.05) is 16.4 Å². The summed E-state index contributed by atoms with van der Waals surface area (Å²) in [5.74, 6) is -0.937. The molecule has 0 atom stereocenters. The van der Waals surface area contributed by atoms with Gasteiger partial charge in [-0.1, -0.05) is 30.3 Å². The molecule has 11 heteroatoms. The third-order valence-corrected chi connectivity index (χ3v) is 5.56. The van der Waals surface area contributed by atoms with E-state index in [0.29, 0.717) is 45.8 Å². The van der Waals surface area contributed by atoms with Crippen LogP contribution in [0.5, 0.6) is 17.2 Å². The second-order valence-corrected chi connectivity index (χ2v) is 8.34. The Balaban J connectivity index is 1.51. The van der Waals surface area contributed by atoms with Gasteiger partial charge in [-0.2, -0.15) is 5.10 Å². The molecule has 0 spiro atoms. The lowest BCUT2D eigenvalue weighted by Crippen LogP contribution is -2.32. The Bertz CT molecular complexity index is 1370. The normalized spacial score (nSPS) is 10.4. The van der Waals surface area contributed by atoms with Crippen molar-refractivity contribution in [3.8, 4) is 17.2 Å². The zero-order valence-corrected chi connectivity index (χ0v) is 22.1. The molecule has 3 N–H and O–H groups in total.